The highest BCUT2D eigenvalue weighted by molar-refractivity contribution is 5.97. The second-order valence-electron chi connectivity index (χ2n) is 2.05. The van der Waals surface area contributed by atoms with Crippen molar-refractivity contribution < 1.29 is 19.2 Å². The van der Waals surface area contributed by atoms with Crippen LogP contribution in [0, 0.1) is 0 Å². The molecule has 0 radical (unpaired) electrons. The number of carboxylic acid groups (broad SMARTS) is 1. The molecule has 0 bridgehead atoms. The third-order valence-corrected chi connectivity index (χ3v) is 1.09. The number of carbonyl (C=O) groups is 2. The standard InChI is InChI=1S/C6H6N2O4/c1-3(9)8-5-4(6(10)11)2-7-12-5/h2H,1H3,(H,8,9)(H,10,11). The molecule has 0 aliphatic rings. The van der Waals surface area contributed by atoms with Crippen molar-refractivity contribution in [3.05, 3.63) is 11.8 Å². The number of hydrogen-bond donors (Lipinski definition) is 2. The summed E-state index contributed by atoms with van der Waals surface area (Å²) in [5, 5.41) is 13.9. The number of anilines is 1. The molecule has 0 aromatic carbocycles. The Labute approximate surface area is 67.2 Å². The predicted octanol–water partition coefficient (Wildman–Crippen LogP) is 0.331. The molecule has 0 fully saturated rings. The lowest BCUT2D eigenvalue weighted by Gasteiger charge is -1.94. The molecule has 0 unspecified atom stereocenters. The average Bonchev–Trinajstić information content (AvgIpc) is 2.33. The Bertz CT molecular complexity index is 317. The van der Waals surface area contributed by atoms with E-state index < -0.39 is 11.9 Å². The first kappa shape index (κ1) is 8.25. The zero-order valence-electron chi connectivity index (χ0n) is 6.20. The second-order valence-corrected chi connectivity index (χ2v) is 2.05. The molecule has 1 heterocycles. The number of hydrogen-bond acceptors (Lipinski definition) is 4. The highest BCUT2D eigenvalue weighted by Gasteiger charge is 2.15. The highest BCUT2D eigenvalue weighted by Crippen LogP contribution is 2.13. The minimum atomic E-state index is -1.19. The van der Waals surface area contributed by atoms with Crippen LogP contribution in [0.25, 0.3) is 0 Å². The molecule has 12 heavy (non-hydrogen) atoms. The highest BCUT2D eigenvalue weighted by atomic mass is 16.5. The number of carbonyl (C=O) groups excluding carboxylic acids is 1. The Kier molecular flexibility index (Phi) is 2.09. The molecule has 6 heteroatoms. The van der Waals surface area contributed by atoms with E-state index in [2.05, 4.69) is 15.0 Å². The zero-order valence-corrected chi connectivity index (χ0v) is 6.20. The van der Waals surface area contributed by atoms with E-state index in [4.69, 9.17) is 5.11 Å². The summed E-state index contributed by atoms with van der Waals surface area (Å²) in [5.41, 5.74) is -0.162. The molecule has 2 N–H and O–H groups in total. The van der Waals surface area contributed by atoms with Crippen LogP contribution in [-0.4, -0.2) is 22.1 Å². The maximum atomic E-state index is 10.5. The Balaban J connectivity index is 2.91. The van der Waals surface area contributed by atoms with Crippen LogP contribution in [0.1, 0.15) is 17.3 Å². The Morgan fingerprint density at radius 3 is 2.83 bits per heavy atom. The van der Waals surface area contributed by atoms with Gasteiger partial charge in [0.1, 0.15) is 5.56 Å². The van der Waals surface area contributed by atoms with E-state index in [-0.39, 0.29) is 11.4 Å². The van der Waals surface area contributed by atoms with Crippen LogP contribution in [0.15, 0.2) is 10.7 Å². The van der Waals surface area contributed by atoms with E-state index in [1.54, 1.807) is 0 Å². The minimum Gasteiger partial charge on any atom is -0.477 e. The molecule has 0 saturated heterocycles. The van der Waals surface area contributed by atoms with Crippen molar-refractivity contribution in [2.75, 3.05) is 5.32 Å². The Morgan fingerprint density at radius 2 is 2.33 bits per heavy atom. The molecule has 0 spiro atoms. The third-order valence-electron chi connectivity index (χ3n) is 1.09. The lowest BCUT2D eigenvalue weighted by molar-refractivity contribution is -0.114. The fourth-order valence-corrected chi connectivity index (χ4v) is 0.642. The summed E-state index contributed by atoms with van der Waals surface area (Å²) < 4.78 is 4.47. The van der Waals surface area contributed by atoms with Gasteiger partial charge in [0.25, 0.3) is 0 Å². The molecule has 0 saturated carbocycles. The average molecular weight is 170 g/mol. The lowest BCUT2D eigenvalue weighted by atomic mass is 10.3. The molecule has 0 atom stereocenters. The van der Waals surface area contributed by atoms with E-state index in [0.29, 0.717) is 0 Å². The fourth-order valence-electron chi connectivity index (χ4n) is 0.642. The summed E-state index contributed by atoms with van der Waals surface area (Å²) in [7, 11) is 0. The van der Waals surface area contributed by atoms with Crippen LogP contribution in [-0.2, 0) is 4.79 Å². The maximum Gasteiger partial charge on any atom is 0.342 e. The van der Waals surface area contributed by atoms with E-state index in [1.165, 1.54) is 6.92 Å². The van der Waals surface area contributed by atoms with Gasteiger partial charge in [-0.05, 0) is 0 Å². The van der Waals surface area contributed by atoms with Crippen molar-refractivity contribution >= 4 is 17.8 Å². The van der Waals surface area contributed by atoms with Crippen molar-refractivity contribution in [2.24, 2.45) is 0 Å². The van der Waals surface area contributed by atoms with Gasteiger partial charge in [-0.15, -0.1) is 0 Å². The largest absolute Gasteiger partial charge is 0.477 e. The van der Waals surface area contributed by atoms with Crippen LogP contribution in [0.4, 0.5) is 5.88 Å². The van der Waals surface area contributed by atoms with Crippen molar-refractivity contribution in [1.82, 2.24) is 5.16 Å². The lowest BCUT2D eigenvalue weighted by Crippen LogP contribution is -2.08. The summed E-state index contributed by atoms with van der Waals surface area (Å²) in [5.74, 6) is -1.75. The van der Waals surface area contributed by atoms with Gasteiger partial charge in [0.05, 0.1) is 6.20 Å². The molecule has 1 aromatic heterocycles. The summed E-state index contributed by atoms with van der Waals surface area (Å²) in [6.07, 6.45) is 1.02. The van der Waals surface area contributed by atoms with Gasteiger partial charge in [0.15, 0.2) is 0 Å². The summed E-state index contributed by atoms with van der Waals surface area (Å²) in [6, 6.07) is 0. The van der Waals surface area contributed by atoms with Crippen molar-refractivity contribution in [1.29, 1.82) is 0 Å². The van der Waals surface area contributed by atoms with Gasteiger partial charge in [-0.1, -0.05) is 5.16 Å². The summed E-state index contributed by atoms with van der Waals surface area (Å²) >= 11 is 0. The van der Waals surface area contributed by atoms with Gasteiger partial charge in [0.2, 0.25) is 11.8 Å². The van der Waals surface area contributed by atoms with Gasteiger partial charge in [-0.3, -0.25) is 10.1 Å². The van der Waals surface area contributed by atoms with Crippen molar-refractivity contribution in [3.8, 4) is 0 Å². The normalized spacial score (nSPS) is 9.42. The van der Waals surface area contributed by atoms with Gasteiger partial charge in [-0.25, -0.2) is 4.79 Å². The smallest absolute Gasteiger partial charge is 0.342 e. The summed E-state index contributed by atoms with van der Waals surface area (Å²) in [6.45, 7) is 1.24. The number of nitrogens with one attached hydrogen (secondary N) is 1. The van der Waals surface area contributed by atoms with Gasteiger partial charge in [-0.2, -0.15) is 0 Å². The van der Waals surface area contributed by atoms with Gasteiger partial charge in [0, 0.05) is 6.92 Å². The first-order valence-electron chi connectivity index (χ1n) is 3.07. The second kappa shape index (κ2) is 3.04. The van der Waals surface area contributed by atoms with Gasteiger partial charge < -0.3 is 9.63 Å². The molecular formula is C6H6N2O4. The molecular weight excluding hydrogens is 164 g/mol. The maximum absolute atomic E-state index is 10.5. The molecule has 1 amide bonds. The molecule has 0 aliphatic carbocycles. The molecule has 6 nitrogen and oxygen atoms in total. The van der Waals surface area contributed by atoms with E-state index in [1.807, 2.05) is 0 Å². The third kappa shape index (κ3) is 1.60. The van der Waals surface area contributed by atoms with Crippen LogP contribution < -0.4 is 5.32 Å². The fraction of sp³-hybridized carbons (Fsp3) is 0.167. The Morgan fingerprint density at radius 1 is 1.67 bits per heavy atom. The SMILES string of the molecule is CC(=O)Nc1oncc1C(=O)O. The van der Waals surface area contributed by atoms with Crippen LogP contribution in [0.2, 0.25) is 0 Å². The molecule has 0 aliphatic heterocycles. The number of nitrogens with zero attached hydrogens (tertiary/aromatic N) is 1. The number of carboxylic acids is 1. The topological polar surface area (TPSA) is 92.4 Å². The Hall–Kier alpha value is -1.85. The van der Waals surface area contributed by atoms with Crippen molar-refractivity contribution in [2.45, 2.75) is 6.92 Å². The van der Waals surface area contributed by atoms with Crippen molar-refractivity contribution in [3.63, 3.8) is 0 Å². The van der Waals surface area contributed by atoms with E-state index in [0.717, 1.165) is 6.20 Å². The first-order valence-corrected chi connectivity index (χ1v) is 3.07. The van der Waals surface area contributed by atoms with Crippen LogP contribution in [0.3, 0.4) is 0 Å². The number of aromatic nitrogens is 1. The molecule has 1 aromatic rings. The predicted molar refractivity (Wildman–Crippen MR) is 37.8 cm³/mol. The van der Waals surface area contributed by atoms with Gasteiger partial charge >= 0.3 is 5.97 Å². The van der Waals surface area contributed by atoms with Crippen LogP contribution >= 0.6 is 0 Å². The minimum absolute atomic E-state index is 0.144. The van der Waals surface area contributed by atoms with Crippen LogP contribution in [0.5, 0.6) is 0 Å². The van der Waals surface area contributed by atoms with E-state index in [9.17, 15) is 9.59 Å². The van der Waals surface area contributed by atoms with E-state index >= 15 is 0 Å². The quantitative estimate of drug-likeness (QED) is 0.667. The summed E-state index contributed by atoms with van der Waals surface area (Å²) in [4.78, 5) is 20.9. The first-order chi connectivity index (χ1) is 5.61. The monoisotopic (exact) mass is 170 g/mol. The molecule has 1 rings (SSSR count). The number of rotatable bonds is 2. The number of aromatic carboxylic acids is 1. The molecule has 64 valence electrons. The zero-order chi connectivity index (χ0) is 9.14. The number of amides is 1.